The van der Waals surface area contributed by atoms with Crippen molar-refractivity contribution >= 4 is 16.1 Å². The predicted octanol–water partition coefficient (Wildman–Crippen LogP) is 5.53. The smallest absolute Gasteiger partial charge is 0.326 e. The van der Waals surface area contributed by atoms with Gasteiger partial charge in [-0.15, -0.1) is 0 Å². The Balaban J connectivity index is 3.78. The summed E-state index contributed by atoms with van der Waals surface area (Å²) in [4.78, 5) is 11.9. The quantitative estimate of drug-likeness (QED) is 0.200. The standard InChI is InChI=1S/C20H40O5S/c1-4-5-6-7-8-9-10-11-12-13-14-15-16-19(26(22,23)24)20(21)25-17-18(2)3/h18-19H,4-17H2,1-3H3,(H,22,23,24). The Kier molecular flexibility index (Phi) is 15.1. The normalized spacial score (nSPS) is 13.1. The molecule has 0 saturated heterocycles. The summed E-state index contributed by atoms with van der Waals surface area (Å²) >= 11 is 0. The van der Waals surface area contributed by atoms with Crippen molar-refractivity contribution in [3.05, 3.63) is 0 Å². The highest BCUT2D eigenvalue weighted by molar-refractivity contribution is 7.87. The number of unbranched alkanes of at least 4 members (excludes halogenated alkanes) is 11. The fourth-order valence-corrected chi connectivity index (χ4v) is 3.68. The van der Waals surface area contributed by atoms with Crippen LogP contribution < -0.4 is 0 Å². The molecule has 0 radical (unpaired) electrons. The third-order valence-electron chi connectivity index (χ3n) is 4.50. The van der Waals surface area contributed by atoms with E-state index in [2.05, 4.69) is 6.92 Å². The Labute approximate surface area is 161 Å². The van der Waals surface area contributed by atoms with Crippen LogP contribution in [0, 0.1) is 5.92 Å². The van der Waals surface area contributed by atoms with E-state index in [0.717, 1.165) is 19.3 Å². The predicted molar refractivity (Wildman–Crippen MR) is 107 cm³/mol. The minimum Gasteiger partial charge on any atom is -0.464 e. The summed E-state index contributed by atoms with van der Waals surface area (Å²) < 4.78 is 37.0. The van der Waals surface area contributed by atoms with Gasteiger partial charge in [-0.2, -0.15) is 8.42 Å². The first kappa shape index (κ1) is 25.4. The van der Waals surface area contributed by atoms with Gasteiger partial charge >= 0.3 is 5.97 Å². The van der Waals surface area contributed by atoms with Gasteiger partial charge in [0.15, 0.2) is 5.25 Å². The molecule has 0 aliphatic carbocycles. The van der Waals surface area contributed by atoms with Crippen molar-refractivity contribution in [2.24, 2.45) is 5.92 Å². The van der Waals surface area contributed by atoms with E-state index in [0.29, 0.717) is 6.42 Å². The van der Waals surface area contributed by atoms with Gasteiger partial charge in [0.1, 0.15) is 0 Å². The molecule has 26 heavy (non-hydrogen) atoms. The molecule has 0 bridgehead atoms. The van der Waals surface area contributed by atoms with Crippen LogP contribution in [-0.2, 0) is 19.6 Å². The van der Waals surface area contributed by atoms with E-state index in [9.17, 15) is 17.8 Å². The number of carbonyl (C=O) groups is 1. The summed E-state index contributed by atoms with van der Waals surface area (Å²) in [5, 5.41) is -1.44. The molecule has 0 aromatic heterocycles. The van der Waals surface area contributed by atoms with E-state index in [1.54, 1.807) is 0 Å². The fourth-order valence-electron chi connectivity index (χ4n) is 2.90. The monoisotopic (exact) mass is 392 g/mol. The van der Waals surface area contributed by atoms with Crippen LogP contribution in [0.5, 0.6) is 0 Å². The van der Waals surface area contributed by atoms with Crippen LogP contribution in [0.25, 0.3) is 0 Å². The zero-order valence-corrected chi connectivity index (χ0v) is 17.9. The zero-order chi connectivity index (χ0) is 19.8. The summed E-state index contributed by atoms with van der Waals surface area (Å²) in [6.07, 6.45) is 14.2. The maximum atomic E-state index is 11.9. The van der Waals surface area contributed by atoms with Gasteiger partial charge in [-0.25, -0.2) is 0 Å². The van der Waals surface area contributed by atoms with Gasteiger partial charge in [0, 0.05) is 0 Å². The molecule has 0 fully saturated rings. The molecule has 1 unspecified atom stereocenters. The molecule has 5 nitrogen and oxygen atoms in total. The van der Waals surface area contributed by atoms with Crippen LogP contribution in [0.15, 0.2) is 0 Å². The molecule has 156 valence electrons. The molecule has 0 amide bonds. The maximum Gasteiger partial charge on any atom is 0.326 e. The maximum absolute atomic E-state index is 11.9. The summed E-state index contributed by atoms with van der Waals surface area (Å²) in [6.45, 7) is 6.15. The molecule has 0 aliphatic heterocycles. The number of esters is 1. The molecule has 1 atom stereocenters. The average molecular weight is 393 g/mol. The Hall–Kier alpha value is -0.620. The second-order valence-electron chi connectivity index (χ2n) is 7.71. The number of hydrogen-bond acceptors (Lipinski definition) is 4. The van der Waals surface area contributed by atoms with Crippen molar-refractivity contribution < 1.29 is 22.5 Å². The Morgan fingerprint density at radius 3 is 1.65 bits per heavy atom. The number of hydrogen-bond donors (Lipinski definition) is 1. The van der Waals surface area contributed by atoms with E-state index < -0.39 is 21.3 Å². The van der Waals surface area contributed by atoms with Crippen LogP contribution in [0.1, 0.15) is 104 Å². The SMILES string of the molecule is CCCCCCCCCCCCCCC(C(=O)OCC(C)C)S(=O)(=O)O. The Morgan fingerprint density at radius 2 is 1.27 bits per heavy atom. The van der Waals surface area contributed by atoms with Crippen LogP contribution in [0.2, 0.25) is 0 Å². The van der Waals surface area contributed by atoms with E-state index >= 15 is 0 Å². The first-order valence-corrected chi connectivity index (χ1v) is 11.9. The van der Waals surface area contributed by atoms with Gasteiger partial charge in [0.2, 0.25) is 0 Å². The number of rotatable bonds is 17. The van der Waals surface area contributed by atoms with E-state index in [1.165, 1.54) is 51.4 Å². The summed E-state index contributed by atoms with van der Waals surface area (Å²) in [6, 6.07) is 0. The van der Waals surface area contributed by atoms with Crippen molar-refractivity contribution in [3.8, 4) is 0 Å². The van der Waals surface area contributed by atoms with Gasteiger partial charge in [0.05, 0.1) is 6.61 Å². The molecule has 0 heterocycles. The Morgan fingerprint density at radius 1 is 0.846 bits per heavy atom. The molecule has 1 N–H and O–H groups in total. The minimum absolute atomic E-state index is 0.132. The highest BCUT2D eigenvalue weighted by atomic mass is 32.2. The second-order valence-corrected chi connectivity index (χ2v) is 9.30. The minimum atomic E-state index is -4.40. The van der Waals surface area contributed by atoms with Crippen LogP contribution >= 0.6 is 0 Å². The number of ether oxygens (including phenoxy) is 1. The van der Waals surface area contributed by atoms with Crippen molar-refractivity contribution in [3.63, 3.8) is 0 Å². The fraction of sp³-hybridized carbons (Fsp3) is 0.950. The molecule has 0 spiro atoms. The van der Waals surface area contributed by atoms with Crippen LogP contribution in [0.3, 0.4) is 0 Å². The lowest BCUT2D eigenvalue weighted by atomic mass is 10.0. The van der Waals surface area contributed by atoms with Gasteiger partial charge in [-0.1, -0.05) is 97.8 Å². The molecular weight excluding hydrogens is 352 g/mol. The van der Waals surface area contributed by atoms with Gasteiger partial charge in [0.25, 0.3) is 10.1 Å². The van der Waals surface area contributed by atoms with Gasteiger partial charge < -0.3 is 4.74 Å². The lowest BCUT2D eigenvalue weighted by Crippen LogP contribution is -2.32. The first-order chi connectivity index (χ1) is 12.3. The topological polar surface area (TPSA) is 80.7 Å². The van der Waals surface area contributed by atoms with Crippen LogP contribution in [0.4, 0.5) is 0 Å². The van der Waals surface area contributed by atoms with Crippen molar-refractivity contribution in [2.75, 3.05) is 6.61 Å². The molecule has 0 saturated carbocycles. The summed E-state index contributed by atoms with van der Waals surface area (Å²) in [5.74, 6) is -0.697. The molecule has 6 heteroatoms. The number of carbonyl (C=O) groups excluding carboxylic acids is 1. The molecule has 0 aromatic carbocycles. The van der Waals surface area contributed by atoms with E-state index in [1.807, 2.05) is 13.8 Å². The summed E-state index contributed by atoms with van der Waals surface area (Å²) in [5.41, 5.74) is 0. The van der Waals surface area contributed by atoms with E-state index in [-0.39, 0.29) is 18.9 Å². The third kappa shape index (κ3) is 14.5. The van der Waals surface area contributed by atoms with E-state index in [4.69, 9.17) is 4.74 Å². The molecule has 0 aliphatic rings. The molecule has 0 rings (SSSR count). The van der Waals surface area contributed by atoms with Crippen molar-refractivity contribution in [2.45, 2.75) is 109 Å². The third-order valence-corrected chi connectivity index (χ3v) is 5.65. The highest BCUT2D eigenvalue weighted by Gasteiger charge is 2.32. The molecular formula is C20H40O5S. The second kappa shape index (κ2) is 15.4. The first-order valence-electron chi connectivity index (χ1n) is 10.4. The summed E-state index contributed by atoms with van der Waals surface area (Å²) in [7, 11) is -4.40. The van der Waals surface area contributed by atoms with Gasteiger partial charge in [-0.3, -0.25) is 9.35 Å². The largest absolute Gasteiger partial charge is 0.464 e. The molecule has 0 aromatic rings. The van der Waals surface area contributed by atoms with Gasteiger partial charge in [-0.05, 0) is 12.3 Å². The zero-order valence-electron chi connectivity index (χ0n) is 17.0. The van der Waals surface area contributed by atoms with Crippen LogP contribution in [-0.4, -0.2) is 30.8 Å². The lowest BCUT2D eigenvalue weighted by molar-refractivity contribution is -0.144. The van der Waals surface area contributed by atoms with Crippen molar-refractivity contribution in [1.82, 2.24) is 0 Å². The Bertz CT molecular complexity index is 445. The highest BCUT2D eigenvalue weighted by Crippen LogP contribution is 2.16. The lowest BCUT2D eigenvalue weighted by Gasteiger charge is -2.14. The average Bonchev–Trinajstić information content (AvgIpc) is 2.55. The van der Waals surface area contributed by atoms with Crippen molar-refractivity contribution in [1.29, 1.82) is 0 Å².